The molecular formula is C38H65NO9. The number of carbonyl (C=O) groups excluding carboxylic acids is 4. The molecule has 0 radical (unpaired) electrons. The van der Waals surface area contributed by atoms with Crippen molar-refractivity contribution in [1.82, 2.24) is 5.32 Å². The van der Waals surface area contributed by atoms with Crippen molar-refractivity contribution in [2.24, 2.45) is 38.9 Å². The Labute approximate surface area is 289 Å². The van der Waals surface area contributed by atoms with Crippen molar-refractivity contribution >= 4 is 29.8 Å². The van der Waals surface area contributed by atoms with Gasteiger partial charge >= 0.3 is 23.9 Å². The van der Waals surface area contributed by atoms with Crippen molar-refractivity contribution in [2.75, 3.05) is 19.8 Å². The van der Waals surface area contributed by atoms with Crippen LogP contribution in [0.5, 0.6) is 0 Å². The van der Waals surface area contributed by atoms with Gasteiger partial charge in [-0.15, -0.1) is 0 Å². The molecule has 6 unspecified atom stereocenters. The van der Waals surface area contributed by atoms with Crippen molar-refractivity contribution in [3.05, 3.63) is 0 Å². The Bertz CT molecular complexity index is 1150. The van der Waals surface area contributed by atoms with Crippen LogP contribution in [0.1, 0.15) is 146 Å². The van der Waals surface area contributed by atoms with Gasteiger partial charge in [0.2, 0.25) is 5.91 Å². The normalized spacial score (nSPS) is 28.3. The second-order valence-electron chi connectivity index (χ2n) is 17.8. The molecule has 0 heterocycles. The minimum Gasteiger partial charge on any atom is -0.481 e. The first kappa shape index (κ1) is 41.5. The van der Waals surface area contributed by atoms with Gasteiger partial charge in [0.25, 0.3) is 0 Å². The van der Waals surface area contributed by atoms with Gasteiger partial charge in [-0.05, 0) is 92.3 Å². The van der Waals surface area contributed by atoms with Crippen LogP contribution in [-0.4, -0.2) is 60.8 Å². The number of carboxylic acid groups (broad SMARTS) is 1. The number of nitrogens with one attached hydrogen (secondary N) is 1. The summed E-state index contributed by atoms with van der Waals surface area (Å²) in [6.45, 7) is 19.5. The molecule has 2 aliphatic carbocycles. The van der Waals surface area contributed by atoms with E-state index < -0.39 is 36.5 Å². The first-order valence-corrected chi connectivity index (χ1v) is 18.0. The number of ether oxygens (including phenoxy) is 3. The number of hydrogen-bond acceptors (Lipinski definition) is 8. The third-order valence-electron chi connectivity index (χ3n) is 10.7. The van der Waals surface area contributed by atoms with Crippen LogP contribution < -0.4 is 5.32 Å². The van der Waals surface area contributed by atoms with Crippen molar-refractivity contribution in [2.45, 2.75) is 152 Å². The number of esters is 3. The Morgan fingerprint density at radius 3 is 1.88 bits per heavy atom. The fraction of sp³-hybridized carbons (Fsp3) is 0.868. The summed E-state index contributed by atoms with van der Waals surface area (Å²) in [5, 5.41) is 12.8. The van der Waals surface area contributed by atoms with Gasteiger partial charge in [-0.1, -0.05) is 61.8 Å². The number of carbonyl (C=O) groups is 5. The van der Waals surface area contributed by atoms with Crippen LogP contribution in [0.2, 0.25) is 0 Å². The van der Waals surface area contributed by atoms with E-state index in [0.717, 1.165) is 32.1 Å². The molecular weight excluding hydrogens is 614 g/mol. The Kier molecular flexibility index (Phi) is 14.6. The maximum absolute atomic E-state index is 13.2. The first-order chi connectivity index (χ1) is 22.0. The zero-order chi connectivity index (χ0) is 36.6. The van der Waals surface area contributed by atoms with Gasteiger partial charge in [0.15, 0.2) is 0 Å². The molecule has 1 amide bonds. The molecule has 2 saturated carbocycles. The van der Waals surface area contributed by atoms with Crippen LogP contribution in [-0.2, 0) is 38.2 Å². The molecule has 0 aliphatic heterocycles. The van der Waals surface area contributed by atoms with Crippen molar-refractivity contribution in [3.63, 3.8) is 0 Å². The number of rotatable bonds is 17. The van der Waals surface area contributed by atoms with Gasteiger partial charge in [0, 0.05) is 31.7 Å². The molecule has 2 aliphatic rings. The molecule has 2 rings (SSSR count). The summed E-state index contributed by atoms with van der Waals surface area (Å²) in [6.07, 6.45) is 9.37. The Morgan fingerprint density at radius 2 is 1.33 bits per heavy atom. The molecule has 6 atom stereocenters. The number of hydrogen-bond donors (Lipinski definition) is 2. The lowest BCUT2D eigenvalue weighted by atomic mass is 9.59. The van der Waals surface area contributed by atoms with Gasteiger partial charge < -0.3 is 24.6 Å². The van der Waals surface area contributed by atoms with Gasteiger partial charge in [-0.2, -0.15) is 0 Å². The van der Waals surface area contributed by atoms with E-state index in [2.05, 4.69) is 53.8 Å². The van der Waals surface area contributed by atoms with Gasteiger partial charge in [0.05, 0.1) is 6.61 Å². The quantitative estimate of drug-likeness (QED) is 0.120. The lowest BCUT2D eigenvalue weighted by molar-refractivity contribution is -0.165. The highest BCUT2D eigenvalue weighted by Crippen LogP contribution is 2.52. The van der Waals surface area contributed by atoms with E-state index in [1.165, 1.54) is 26.7 Å². The van der Waals surface area contributed by atoms with E-state index in [4.69, 9.17) is 14.2 Å². The number of aliphatic carboxylic acids is 1. The minimum absolute atomic E-state index is 0.0686. The van der Waals surface area contributed by atoms with Crippen LogP contribution in [0.4, 0.5) is 0 Å². The fourth-order valence-electron chi connectivity index (χ4n) is 8.70. The lowest BCUT2D eigenvalue weighted by Gasteiger charge is -2.47. The summed E-state index contributed by atoms with van der Waals surface area (Å²) in [6, 6.07) is -0.0706. The molecule has 0 spiro atoms. The Morgan fingerprint density at radius 1 is 0.812 bits per heavy atom. The summed E-state index contributed by atoms with van der Waals surface area (Å²) >= 11 is 0. The predicted octanol–water partition coefficient (Wildman–Crippen LogP) is 7.26. The highest BCUT2D eigenvalue weighted by atomic mass is 16.6. The summed E-state index contributed by atoms with van der Waals surface area (Å²) in [5.74, 6) is -2.22. The van der Waals surface area contributed by atoms with Crippen molar-refractivity contribution < 1.29 is 43.3 Å². The molecule has 0 bridgehead atoms. The van der Waals surface area contributed by atoms with E-state index >= 15 is 0 Å². The zero-order valence-electron chi connectivity index (χ0n) is 31.6. The maximum Gasteiger partial charge on any atom is 0.316 e. The molecule has 2 fully saturated rings. The monoisotopic (exact) mass is 679 g/mol. The lowest BCUT2D eigenvalue weighted by Crippen LogP contribution is -2.48. The predicted molar refractivity (Wildman–Crippen MR) is 184 cm³/mol. The highest BCUT2D eigenvalue weighted by molar-refractivity contribution is 5.78. The first-order valence-electron chi connectivity index (χ1n) is 18.0. The Balaban J connectivity index is 1.82. The van der Waals surface area contributed by atoms with E-state index in [-0.39, 0.29) is 58.5 Å². The van der Waals surface area contributed by atoms with E-state index in [9.17, 15) is 29.1 Å². The van der Waals surface area contributed by atoms with E-state index in [1.54, 1.807) is 0 Å². The number of carboxylic acids is 1. The standard InChI is InChI=1S/C38H65NO9/c1-11-28-18-34(4,5)22-36(8,19-28)15-12-30(41)46-17-14-26(2)32(43)39-29-20-35(6,7)23-37(9,21-29)16-13-31(42)48-25-38(10,33(44)45)24-47-27(3)40/h26,28-29H,11-25H2,1-10H3,(H,39,43)(H,44,45). The van der Waals surface area contributed by atoms with Crippen molar-refractivity contribution in [1.29, 1.82) is 0 Å². The topological polar surface area (TPSA) is 145 Å². The second-order valence-corrected chi connectivity index (χ2v) is 17.8. The summed E-state index contributed by atoms with van der Waals surface area (Å²) in [7, 11) is 0. The SMILES string of the molecule is CCC1CC(C)(C)CC(C)(CCC(=O)OCCC(C)C(=O)NC2CC(C)(C)CC(C)(CCC(=O)OCC(C)(COC(C)=O)C(=O)O)C2)C1. The smallest absolute Gasteiger partial charge is 0.316 e. The number of amides is 1. The highest BCUT2D eigenvalue weighted by Gasteiger charge is 2.43. The second kappa shape index (κ2) is 16.8. The van der Waals surface area contributed by atoms with Crippen LogP contribution in [0.25, 0.3) is 0 Å². The molecule has 276 valence electrons. The van der Waals surface area contributed by atoms with Gasteiger partial charge in [0.1, 0.15) is 18.6 Å². The molecule has 0 aromatic rings. The van der Waals surface area contributed by atoms with E-state index in [0.29, 0.717) is 31.6 Å². The van der Waals surface area contributed by atoms with Crippen LogP contribution in [0, 0.1) is 38.9 Å². The third kappa shape index (κ3) is 13.7. The fourth-order valence-corrected chi connectivity index (χ4v) is 8.70. The molecule has 10 nitrogen and oxygen atoms in total. The Hall–Kier alpha value is -2.65. The average molecular weight is 680 g/mol. The zero-order valence-corrected chi connectivity index (χ0v) is 31.6. The minimum atomic E-state index is -1.54. The van der Waals surface area contributed by atoms with E-state index in [1.807, 2.05) is 6.92 Å². The molecule has 0 aromatic heterocycles. The molecule has 0 aromatic carbocycles. The van der Waals surface area contributed by atoms with Crippen LogP contribution in [0.3, 0.4) is 0 Å². The average Bonchev–Trinajstić information content (AvgIpc) is 2.94. The van der Waals surface area contributed by atoms with Gasteiger partial charge in [-0.25, -0.2) is 0 Å². The van der Waals surface area contributed by atoms with Crippen molar-refractivity contribution in [3.8, 4) is 0 Å². The summed E-state index contributed by atoms with van der Waals surface area (Å²) in [4.78, 5) is 61.4. The van der Waals surface area contributed by atoms with Crippen LogP contribution >= 0.6 is 0 Å². The third-order valence-corrected chi connectivity index (χ3v) is 10.7. The van der Waals surface area contributed by atoms with Crippen LogP contribution in [0.15, 0.2) is 0 Å². The molecule has 0 saturated heterocycles. The largest absolute Gasteiger partial charge is 0.481 e. The summed E-state index contributed by atoms with van der Waals surface area (Å²) in [5.41, 5.74) is -1.41. The molecule has 10 heteroatoms. The van der Waals surface area contributed by atoms with Gasteiger partial charge in [-0.3, -0.25) is 24.0 Å². The summed E-state index contributed by atoms with van der Waals surface area (Å²) < 4.78 is 15.8. The molecule has 2 N–H and O–H groups in total. The maximum atomic E-state index is 13.2. The molecule has 48 heavy (non-hydrogen) atoms.